The van der Waals surface area contributed by atoms with Crippen molar-refractivity contribution in [1.82, 2.24) is 0 Å². The number of benzene rings is 2. The van der Waals surface area contributed by atoms with E-state index in [1.807, 2.05) is 0 Å². The zero-order valence-electron chi connectivity index (χ0n) is 15.3. The van der Waals surface area contributed by atoms with Crippen LogP contribution in [0.4, 0.5) is 0 Å². The molecule has 0 spiro atoms. The van der Waals surface area contributed by atoms with E-state index in [1.165, 1.54) is 18.6 Å². The number of rotatable bonds is 2. The summed E-state index contributed by atoms with van der Waals surface area (Å²) in [6, 6.07) is 5.04. The summed E-state index contributed by atoms with van der Waals surface area (Å²) in [5.74, 6) is -0.304. The number of hydrogen-bond acceptors (Lipinski definition) is 6. The molecule has 4 bridgehead atoms. The van der Waals surface area contributed by atoms with Crippen LogP contribution in [0.5, 0.6) is 34.5 Å². The molecule has 0 amide bonds. The van der Waals surface area contributed by atoms with Gasteiger partial charge in [0.1, 0.15) is 11.5 Å². The van der Waals surface area contributed by atoms with Gasteiger partial charge < -0.3 is 30.6 Å². The van der Waals surface area contributed by atoms with Gasteiger partial charge in [-0.1, -0.05) is 0 Å². The Morgan fingerprint density at radius 1 is 0.500 bits per heavy atom. The highest BCUT2D eigenvalue weighted by Gasteiger charge is 2.60. The van der Waals surface area contributed by atoms with Crippen LogP contribution in [-0.2, 0) is 5.41 Å². The predicted molar refractivity (Wildman–Crippen MR) is 101 cm³/mol. The van der Waals surface area contributed by atoms with Crippen LogP contribution in [0.1, 0.15) is 43.2 Å². The fourth-order valence-corrected chi connectivity index (χ4v) is 6.75. The number of phenolic OH excluding ortho intramolecular Hbond substituents is 6. The maximum atomic E-state index is 10.8. The average molecular weight is 384 g/mol. The van der Waals surface area contributed by atoms with Crippen LogP contribution in [0.15, 0.2) is 24.3 Å². The summed E-state index contributed by atoms with van der Waals surface area (Å²) in [5.41, 5.74) is 0.103. The van der Waals surface area contributed by atoms with Crippen molar-refractivity contribution in [3.8, 4) is 34.5 Å². The van der Waals surface area contributed by atoms with Gasteiger partial charge >= 0.3 is 0 Å². The van der Waals surface area contributed by atoms with Crippen LogP contribution in [0.25, 0.3) is 0 Å². The fraction of sp³-hybridized carbons (Fsp3) is 0.455. The van der Waals surface area contributed by atoms with Crippen molar-refractivity contribution < 1.29 is 30.6 Å². The molecule has 4 aliphatic rings. The summed E-state index contributed by atoms with van der Waals surface area (Å²) in [7, 11) is 0. The minimum atomic E-state index is -0.808. The molecule has 4 aliphatic carbocycles. The van der Waals surface area contributed by atoms with Gasteiger partial charge in [0.2, 0.25) is 0 Å². The molecule has 4 saturated carbocycles. The van der Waals surface area contributed by atoms with Gasteiger partial charge in [0.25, 0.3) is 0 Å². The van der Waals surface area contributed by atoms with Crippen LogP contribution < -0.4 is 0 Å². The maximum Gasteiger partial charge on any atom is 0.161 e. The summed E-state index contributed by atoms with van der Waals surface area (Å²) in [6.45, 7) is 0. The van der Waals surface area contributed by atoms with Crippen LogP contribution in [0.3, 0.4) is 0 Å². The molecule has 0 saturated heterocycles. The predicted octanol–water partition coefficient (Wildman–Crippen LogP) is 3.66. The Kier molecular flexibility index (Phi) is 3.49. The largest absolute Gasteiger partial charge is 0.507 e. The molecule has 2 aromatic carbocycles. The quantitative estimate of drug-likeness (QED) is 0.347. The fourth-order valence-electron chi connectivity index (χ4n) is 6.75. The molecule has 0 atom stereocenters. The highest BCUT2D eigenvalue weighted by atomic mass is 16.3. The number of hydrogen-bond donors (Lipinski definition) is 6. The second kappa shape index (κ2) is 5.63. The lowest BCUT2D eigenvalue weighted by molar-refractivity contribution is -0.0435. The van der Waals surface area contributed by atoms with Gasteiger partial charge in [-0.3, -0.25) is 0 Å². The van der Waals surface area contributed by atoms with Crippen LogP contribution >= 0.6 is 0 Å². The Balaban J connectivity index is 1.82. The van der Waals surface area contributed by atoms with E-state index in [0.717, 1.165) is 37.8 Å². The smallest absolute Gasteiger partial charge is 0.161 e. The van der Waals surface area contributed by atoms with E-state index in [-0.39, 0.29) is 34.8 Å². The Labute approximate surface area is 162 Å². The topological polar surface area (TPSA) is 121 Å². The molecule has 28 heavy (non-hydrogen) atoms. The van der Waals surface area contributed by atoms with Gasteiger partial charge in [0.05, 0.1) is 0 Å². The van der Waals surface area contributed by atoms with Crippen LogP contribution in [0, 0.1) is 23.7 Å². The molecule has 6 rings (SSSR count). The summed E-state index contributed by atoms with van der Waals surface area (Å²) < 4.78 is 0. The van der Waals surface area contributed by atoms with E-state index in [0.29, 0.717) is 23.0 Å². The first-order valence-electron chi connectivity index (χ1n) is 9.81. The number of phenols is 6. The lowest BCUT2D eigenvalue weighted by Crippen LogP contribution is -2.56. The summed E-state index contributed by atoms with van der Waals surface area (Å²) in [6.07, 6.45) is 4.97. The van der Waals surface area contributed by atoms with E-state index in [9.17, 15) is 30.6 Å². The van der Waals surface area contributed by atoms with Gasteiger partial charge in [0, 0.05) is 28.7 Å². The van der Waals surface area contributed by atoms with E-state index >= 15 is 0 Å². The van der Waals surface area contributed by atoms with Crippen molar-refractivity contribution in [3.05, 3.63) is 35.4 Å². The molecule has 4 fully saturated rings. The Morgan fingerprint density at radius 2 is 0.857 bits per heavy atom. The van der Waals surface area contributed by atoms with Gasteiger partial charge in [-0.25, -0.2) is 0 Å². The summed E-state index contributed by atoms with van der Waals surface area (Å²) >= 11 is 0. The molecule has 2 aromatic rings. The summed E-state index contributed by atoms with van der Waals surface area (Å²) in [5, 5.41) is 61.6. The first kappa shape index (κ1) is 17.3. The van der Waals surface area contributed by atoms with Crippen molar-refractivity contribution in [1.29, 1.82) is 0 Å². The second-order valence-electron chi connectivity index (χ2n) is 8.89. The van der Waals surface area contributed by atoms with Gasteiger partial charge in [-0.15, -0.1) is 0 Å². The molecule has 0 radical (unpaired) electrons. The molecule has 0 heterocycles. The molecule has 0 aliphatic heterocycles. The van der Waals surface area contributed by atoms with Gasteiger partial charge in [-0.05, 0) is 67.9 Å². The molecule has 6 nitrogen and oxygen atoms in total. The Hall–Kier alpha value is -2.76. The SMILES string of the molecule is Oc1cc(O)c(C2(c3cc(O)c(O)cc3O)C3CC4CC(C3)CC2C4)cc1O. The molecule has 0 unspecified atom stereocenters. The molecule has 0 aromatic heterocycles. The number of aromatic hydroxyl groups is 6. The zero-order valence-corrected chi connectivity index (χ0v) is 15.3. The third-order valence-electron chi connectivity index (χ3n) is 7.50. The highest BCUT2D eigenvalue weighted by molar-refractivity contribution is 5.61. The molecule has 6 heteroatoms. The third-order valence-corrected chi connectivity index (χ3v) is 7.50. The lowest BCUT2D eigenvalue weighted by atomic mass is 9.42. The normalized spacial score (nSPS) is 29.9. The van der Waals surface area contributed by atoms with E-state index < -0.39 is 16.9 Å². The van der Waals surface area contributed by atoms with Crippen molar-refractivity contribution in [2.24, 2.45) is 23.7 Å². The molecule has 6 N–H and O–H groups in total. The monoisotopic (exact) mass is 384 g/mol. The first-order chi connectivity index (χ1) is 13.3. The molecular weight excluding hydrogens is 360 g/mol. The zero-order chi connectivity index (χ0) is 19.8. The van der Waals surface area contributed by atoms with Crippen LogP contribution in [0.2, 0.25) is 0 Å². The summed E-state index contributed by atoms with van der Waals surface area (Å²) in [4.78, 5) is 0. The minimum Gasteiger partial charge on any atom is -0.507 e. The van der Waals surface area contributed by atoms with E-state index in [1.54, 1.807) is 0 Å². The highest BCUT2D eigenvalue weighted by Crippen LogP contribution is 2.68. The molecule has 148 valence electrons. The van der Waals surface area contributed by atoms with E-state index in [4.69, 9.17) is 0 Å². The third kappa shape index (κ3) is 2.14. The van der Waals surface area contributed by atoms with Crippen molar-refractivity contribution >= 4 is 0 Å². The molecular formula is C22H24O6. The Morgan fingerprint density at radius 3 is 1.25 bits per heavy atom. The van der Waals surface area contributed by atoms with Crippen molar-refractivity contribution in [2.45, 2.75) is 37.5 Å². The van der Waals surface area contributed by atoms with Gasteiger partial charge in [0.15, 0.2) is 23.0 Å². The Bertz CT molecular complexity index is 878. The van der Waals surface area contributed by atoms with Crippen molar-refractivity contribution in [2.75, 3.05) is 0 Å². The van der Waals surface area contributed by atoms with E-state index in [2.05, 4.69) is 0 Å². The van der Waals surface area contributed by atoms with Crippen molar-refractivity contribution in [3.63, 3.8) is 0 Å². The average Bonchev–Trinajstić information content (AvgIpc) is 2.62. The first-order valence-corrected chi connectivity index (χ1v) is 9.81. The second-order valence-corrected chi connectivity index (χ2v) is 8.89. The minimum absolute atomic E-state index is 0.119. The van der Waals surface area contributed by atoms with Crippen LogP contribution in [-0.4, -0.2) is 30.6 Å². The lowest BCUT2D eigenvalue weighted by Gasteiger charge is -2.62. The van der Waals surface area contributed by atoms with Gasteiger partial charge in [-0.2, -0.15) is 0 Å². The maximum absolute atomic E-state index is 10.8. The standard InChI is InChI=1S/C22H24O6/c23-16-8-20(27)18(25)6-14(16)22(15-7-19(26)21(28)9-17(15)24)12-2-10-1-11(4-12)5-13(22)3-10/h6-13,23-28H,1-5H2.